The summed E-state index contributed by atoms with van der Waals surface area (Å²) < 4.78 is 21.4. The van der Waals surface area contributed by atoms with Crippen LogP contribution in [0.3, 0.4) is 0 Å². The summed E-state index contributed by atoms with van der Waals surface area (Å²) in [5.41, 5.74) is 5.14. The molecule has 40 heteroatoms. The van der Waals surface area contributed by atoms with Crippen LogP contribution in [0.2, 0.25) is 0 Å². The number of carbonyl (C=O) groups excluding carboxylic acids is 3. The summed E-state index contributed by atoms with van der Waals surface area (Å²) in [6, 6.07) is 17.0. The molecule has 8 aromatic heterocycles. The predicted octanol–water partition coefficient (Wildman–Crippen LogP) is 21.0. The Morgan fingerprint density at radius 2 is 0.813 bits per heavy atom. The Balaban J connectivity index is 0.000000229. The van der Waals surface area contributed by atoms with Crippen LogP contribution in [0.5, 0.6) is 11.5 Å². The van der Waals surface area contributed by atoms with Gasteiger partial charge in [-0.05, 0) is 231 Å². The number of hydrogen-bond donors (Lipinski definition) is 15. The number of carbonyl (C=O) groups is 3. The smallest absolute Gasteiger partial charge is 0.280 e. The zero-order valence-electron chi connectivity index (χ0n) is 97.2. The first-order valence-electron chi connectivity index (χ1n) is 52.9. The van der Waals surface area contributed by atoms with Crippen molar-refractivity contribution in [1.29, 1.82) is 0 Å². The monoisotopic (exact) mass is 2080 g/mol. The summed E-state index contributed by atoms with van der Waals surface area (Å²) in [4.78, 5) is 112. The van der Waals surface area contributed by atoms with E-state index in [1.165, 1.54) is 18.2 Å². The maximum Gasteiger partial charge on any atom is 0.280 e. The molecule has 40 nitrogen and oxygen atoms in total. The zero-order valence-corrected chi connectivity index (χ0v) is 97.2. The van der Waals surface area contributed by atoms with Gasteiger partial charge in [-0.2, -0.15) is 4.98 Å². The van der Waals surface area contributed by atoms with Crippen molar-refractivity contribution in [3.05, 3.63) is 94.6 Å². The maximum absolute atomic E-state index is 12.8. The molecule has 2 aliphatic rings. The molecule has 0 saturated carbocycles. The van der Waals surface area contributed by atoms with Gasteiger partial charge in [0.15, 0.2) is 70.4 Å². The maximum atomic E-state index is 12.8. The van der Waals surface area contributed by atoms with Crippen molar-refractivity contribution in [2.75, 3.05) is 113 Å². The molecule has 3 unspecified atom stereocenters. The minimum Gasteiger partial charge on any atom is -0.489 e. The van der Waals surface area contributed by atoms with Gasteiger partial charge in [0.25, 0.3) is 11.5 Å². The lowest BCUT2D eigenvalue weighted by Gasteiger charge is -2.28. The van der Waals surface area contributed by atoms with Gasteiger partial charge in [0.1, 0.15) is 53.8 Å². The third kappa shape index (κ3) is 37.8. The molecule has 0 spiro atoms. The minimum absolute atomic E-state index is 0.0564. The van der Waals surface area contributed by atoms with Crippen LogP contribution in [0.1, 0.15) is 349 Å². The number of amides is 3. The predicted molar refractivity (Wildman–Crippen MR) is 611 cm³/mol. The highest BCUT2D eigenvalue weighted by Gasteiger charge is 2.37. The highest BCUT2D eigenvalue weighted by atomic mass is 16.5. The molecule has 3 amide bonds. The number of nitrogens with one attached hydrogen (secondary N) is 12. The number of imidazole rings is 5. The fourth-order valence-electron chi connectivity index (χ4n) is 16.0. The van der Waals surface area contributed by atoms with Crippen LogP contribution in [-0.4, -0.2) is 200 Å². The number of aliphatic hydroxyl groups is 3. The second kappa shape index (κ2) is 51.5. The summed E-state index contributed by atoms with van der Waals surface area (Å²) in [7, 11) is 3.77. The van der Waals surface area contributed by atoms with Gasteiger partial charge in [0.2, 0.25) is 59.4 Å². The molecule has 2 aliphatic heterocycles. The number of anilines is 10. The summed E-state index contributed by atoms with van der Waals surface area (Å²) in [6.07, 6.45) is 12.2. The average Bonchev–Trinajstić information content (AvgIpc) is 1.62. The number of hydrogen-bond acceptors (Lipinski definition) is 30. The van der Waals surface area contributed by atoms with Crippen molar-refractivity contribution < 1.29 is 39.2 Å². The van der Waals surface area contributed by atoms with Gasteiger partial charge in [-0.15, -0.1) is 0 Å². The third-order valence-corrected chi connectivity index (χ3v) is 23.5. The zero-order chi connectivity index (χ0) is 112. The van der Waals surface area contributed by atoms with Crippen LogP contribution in [0.4, 0.5) is 59.0 Å². The van der Waals surface area contributed by atoms with E-state index >= 15 is 0 Å². The van der Waals surface area contributed by atoms with Crippen molar-refractivity contribution in [1.82, 2.24) is 87.9 Å². The Morgan fingerprint density at radius 3 is 1.21 bits per heavy atom. The minimum atomic E-state index is -1.13. The average molecular weight is 2080 g/mol. The first-order chi connectivity index (χ1) is 69.4. The Hall–Kier alpha value is -12.6. The van der Waals surface area contributed by atoms with Crippen LogP contribution in [-0.2, 0) is 42.1 Å². The van der Waals surface area contributed by atoms with Gasteiger partial charge < -0.3 is 77.5 Å². The quantitative estimate of drug-likeness (QED) is 0.00771. The lowest BCUT2D eigenvalue weighted by atomic mass is 9.91. The lowest BCUT2D eigenvalue weighted by Crippen LogP contribution is -2.41. The molecule has 0 saturated heterocycles. The van der Waals surface area contributed by atoms with E-state index in [0.717, 1.165) is 126 Å². The standard InChI is InChI=1S/C27H40N6O3.C24H36N6O2.C20H36N6O2.C20H34N6O.C19H35N7O/c1-17(2)18-10-12-19(13-11-18)36-16-20(34)29-24-31-22-21(23(35)32-24)30-25(33(22)27(6,7)8)28-15-9-14-26(3,4)5;1-23(2,3)13-10-14-25-22-29-19-20(26-16-27-21(19)30(22)24(4,5)6)28-18(31)15-32-17-11-8-7-9-12-17;1-12(2)15(27)24-17-23-14-13(16(28)25-17)22-18(26(14)20(6,7)8)21-11-9-10-19(3,4)5;1-13(2)17(27)25-15-14-16(23-12-22-15)26(20(6,7)8)18(24-14)21-11-9-10-19(3,4)5;1-18(2,3)10-9-11-20-17-22-13-14(26(17)19(4,5)6)23-16(24-15(13)27)21-12-25(7)8/h10-13,17H,9,14-16H2,1-8H3,(H,28,30)(H2,29,31,32,34,35);7-9,11-12,16,18,31H,10,13-15H2,1-6H3,(H,25,29)(H,26,27,28);12,16,28H,9-11H2,1-8H3,(H,21,22)(H2,23,24,25,27);12-13H,9-11H2,1-8H3,(H,21,24)(H,22,23,25,27);12,15,27H,9-11H2,1-8H3,(H,20,22)(H,23,24). The van der Waals surface area contributed by atoms with E-state index in [1.54, 1.807) is 20.2 Å². The Bertz CT molecular complexity index is 6200. The Morgan fingerprint density at radius 1 is 0.440 bits per heavy atom. The van der Waals surface area contributed by atoms with Crippen molar-refractivity contribution in [2.45, 2.75) is 366 Å². The fraction of sp³-hybridized carbons (Fsp3) is 0.645. The molecule has 2 aromatic carbocycles. The first-order valence-corrected chi connectivity index (χ1v) is 52.9. The number of nitrogens with zero attached hydrogens (tertiary/aromatic N) is 19. The molecule has 3 atom stereocenters. The number of H-pyrrole nitrogens is 1. The molecule has 12 rings (SSSR count). The van der Waals surface area contributed by atoms with Gasteiger partial charge in [-0.1, -0.05) is 176 Å². The van der Waals surface area contributed by atoms with E-state index in [0.29, 0.717) is 103 Å². The molecule has 10 heterocycles. The van der Waals surface area contributed by atoms with Gasteiger partial charge in [-0.3, -0.25) is 57.6 Å². The second-order valence-electron chi connectivity index (χ2n) is 50.8. The number of benzene rings is 2. The molecule has 10 aromatic rings. The lowest BCUT2D eigenvalue weighted by molar-refractivity contribution is -0.122. The second-order valence-corrected chi connectivity index (χ2v) is 50.8. The fourth-order valence-corrected chi connectivity index (χ4v) is 16.0. The van der Waals surface area contributed by atoms with E-state index in [-0.39, 0.29) is 87.3 Å². The largest absolute Gasteiger partial charge is 0.489 e. The van der Waals surface area contributed by atoms with Crippen molar-refractivity contribution in [3.8, 4) is 11.5 Å². The normalized spacial score (nSPS) is 14.4. The summed E-state index contributed by atoms with van der Waals surface area (Å²) >= 11 is 0. The number of ether oxygens (including phenoxy) is 2. The number of aromatic amines is 1. The third-order valence-electron chi connectivity index (χ3n) is 23.5. The Kier molecular flexibility index (Phi) is 42.1. The Labute approximate surface area is 889 Å². The number of guanidine groups is 2. The van der Waals surface area contributed by atoms with E-state index in [1.807, 2.05) is 117 Å². The highest BCUT2D eigenvalue weighted by molar-refractivity contribution is 6.06. The van der Waals surface area contributed by atoms with Gasteiger partial charge in [0.05, 0.1) is 6.34 Å². The molecule has 0 radical (unpaired) electrons. The molecule has 15 N–H and O–H groups in total. The van der Waals surface area contributed by atoms with Crippen LogP contribution < -0.4 is 73.5 Å². The van der Waals surface area contributed by atoms with E-state index in [4.69, 9.17) is 19.4 Å². The highest BCUT2D eigenvalue weighted by Crippen LogP contribution is 2.41. The van der Waals surface area contributed by atoms with E-state index in [9.17, 15) is 34.5 Å². The molecule has 0 fully saturated rings. The van der Waals surface area contributed by atoms with Crippen molar-refractivity contribution >= 4 is 128 Å². The molecular weight excluding hydrogens is 1900 g/mol. The summed E-state index contributed by atoms with van der Waals surface area (Å²) in [5, 5.41) is 66.2. The van der Waals surface area contributed by atoms with E-state index in [2.05, 4.69) is 333 Å². The van der Waals surface area contributed by atoms with Crippen LogP contribution in [0.25, 0.3) is 33.5 Å². The number of aliphatic hydroxyl groups excluding tert-OH is 3. The van der Waals surface area contributed by atoms with Crippen LogP contribution in [0.15, 0.2) is 87.0 Å². The number of fused-ring (bicyclic) bond motifs is 5. The van der Waals surface area contributed by atoms with E-state index < -0.39 is 35.7 Å². The molecule has 0 aliphatic carbocycles. The molecule has 150 heavy (non-hydrogen) atoms. The number of rotatable bonds is 34. The number of aliphatic imine (C=N–C) groups is 3. The first kappa shape index (κ1) is 123. The van der Waals surface area contributed by atoms with Gasteiger partial charge in [-0.25, -0.2) is 59.8 Å². The summed E-state index contributed by atoms with van der Waals surface area (Å²) in [6.45, 7) is 80.3. The van der Waals surface area contributed by atoms with Crippen LogP contribution in [0, 0.1) is 38.9 Å². The van der Waals surface area contributed by atoms with Gasteiger partial charge in [0, 0.05) is 86.3 Å². The van der Waals surface area contributed by atoms with Crippen molar-refractivity contribution in [3.63, 3.8) is 0 Å². The van der Waals surface area contributed by atoms with Gasteiger partial charge >= 0.3 is 0 Å². The molecule has 0 bridgehead atoms. The number of aromatic nitrogens is 16. The van der Waals surface area contributed by atoms with Crippen molar-refractivity contribution in [2.24, 2.45) is 53.9 Å². The molecular formula is C110H181N31O9. The summed E-state index contributed by atoms with van der Waals surface area (Å²) in [5.74, 6) is 7.21. The molecule has 830 valence electrons. The van der Waals surface area contributed by atoms with Crippen LogP contribution >= 0.6 is 0 Å². The SMILES string of the molecule is CC(C)(C)CCCNc1nc2c(NC(O)COc3ccccc3)ncnc2n1C(C)(C)C.CC(C)C(=O)NC1=NC(O)c2nc(NCCCC(C)(C)C)n(C(C)(C)C)c2N1.CC(C)C(=O)Nc1ncnc2c1nc(NCCCC(C)(C)C)n2C(C)(C)C.CC(C)c1ccc(OCC(=O)Nc2nc3c(nc(NCCCC(C)(C)C)n3C(C)(C)C)c(=O)[nH]2)cc1.CN(C)C=NC1=NC(O)c2nc(NCCCC(C)(C)C)n(C(C)(C)C)c2N1. The number of para-hydroxylation sites is 1. The topological polar surface area (TPSA) is 489 Å².